The molecule has 0 radical (unpaired) electrons. The lowest BCUT2D eigenvalue weighted by Crippen LogP contribution is -2.59. The van der Waals surface area contributed by atoms with E-state index in [1.54, 1.807) is 14.2 Å². The van der Waals surface area contributed by atoms with E-state index in [0.29, 0.717) is 0 Å². The Labute approximate surface area is 157 Å². The van der Waals surface area contributed by atoms with Crippen LogP contribution in [0.5, 0.6) is 11.5 Å². The lowest BCUT2D eigenvalue weighted by molar-refractivity contribution is -0.0623. The zero-order chi connectivity index (χ0) is 17.9. The highest BCUT2D eigenvalue weighted by molar-refractivity contribution is 5.42. The van der Waals surface area contributed by atoms with E-state index < -0.39 is 0 Å². The molecule has 1 aliphatic carbocycles. The molecule has 26 heavy (non-hydrogen) atoms. The van der Waals surface area contributed by atoms with Crippen molar-refractivity contribution >= 4 is 0 Å². The maximum atomic E-state index is 5.58. The smallest absolute Gasteiger partial charge is 0.161 e. The molecule has 0 aromatic heterocycles. The normalized spacial score (nSPS) is 30.2. The zero-order valence-corrected chi connectivity index (χ0v) is 16.2. The molecule has 5 nitrogen and oxygen atoms in total. The minimum absolute atomic E-state index is 0.773. The zero-order valence-electron chi connectivity index (χ0n) is 16.2. The van der Waals surface area contributed by atoms with Gasteiger partial charge in [-0.2, -0.15) is 0 Å². The average molecular weight is 360 g/mol. The van der Waals surface area contributed by atoms with Crippen molar-refractivity contribution in [2.24, 2.45) is 11.8 Å². The molecule has 1 aromatic carbocycles. The molecule has 5 heteroatoms. The molecule has 1 saturated carbocycles. The van der Waals surface area contributed by atoms with Crippen molar-refractivity contribution in [1.29, 1.82) is 0 Å². The number of morpholine rings is 1. The number of hydrogen-bond acceptors (Lipinski definition) is 5. The summed E-state index contributed by atoms with van der Waals surface area (Å²) < 4.78 is 16.4. The van der Waals surface area contributed by atoms with E-state index in [9.17, 15) is 0 Å². The van der Waals surface area contributed by atoms with E-state index in [-0.39, 0.29) is 0 Å². The highest BCUT2D eigenvalue weighted by atomic mass is 16.5. The van der Waals surface area contributed by atoms with Gasteiger partial charge in [0.15, 0.2) is 11.5 Å². The number of likely N-dealkylation sites (tertiary alicyclic amines) is 1. The van der Waals surface area contributed by atoms with Crippen molar-refractivity contribution in [3.63, 3.8) is 0 Å². The van der Waals surface area contributed by atoms with Gasteiger partial charge in [0.1, 0.15) is 0 Å². The summed E-state index contributed by atoms with van der Waals surface area (Å²) in [5, 5.41) is 0. The van der Waals surface area contributed by atoms with Gasteiger partial charge in [0, 0.05) is 38.8 Å². The number of benzene rings is 1. The predicted octanol–water partition coefficient (Wildman–Crippen LogP) is 2.64. The molecule has 1 unspecified atom stereocenters. The van der Waals surface area contributed by atoms with Gasteiger partial charge >= 0.3 is 0 Å². The minimum atomic E-state index is 0.773. The van der Waals surface area contributed by atoms with Crippen LogP contribution in [-0.4, -0.2) is 69.5 Å². The average Bonchev–Trinajstić information content (AvgIpc) is 2.68. The molecule has 0 spiro atoms. The summed E-state index contributed by atoms with van der Waals surface area (Å²) in [5.41, 5.74) is 1.31. The van der Waals surface area contributed by atoms with Crippen molar-refractivity contribution in [3.05, 3.63) is 23.8 Å². The maximum absolute atomic E-state index is 5.58. The van der Waals surface area contributed by atoms with Crippen LogP contribution in [-0.2, 0) is 11.3 Å². The number of nitrogens with zero attached hydrogens (tertiary/aromatic N) is 2. The Morgan fingerprint density at radius 1 is 1.00 bits per heavy atom. The molecule has 144 valence electrons. The quantitative estimate of drug-likeness (QED) is 0.806. The van der Waals surface area contributed by atoms with E-state index in [1.807, 2.05) is 6.07 Å². The lowest BCUT2D eigenvalue weighted by atomic mass is 9.72. The molecule has 2 heterocycles. The molecular formula is C21H32N2O3. The third-order valence-electron chi connectivity index (χ3n) is 6.42. The van der Waals surface area contributed by atoms with Crippen LogP contribution in [0.1, 0.15) is 24.8 Å². The number of ether oxygens (including phenoxy) is 3. The van der Waals surface area contributed by atoms with Crippen LogP contribution in [0.4, 0.5) is 0 Å². The summed E-state index contributed by atoms with van der Waals surface area (Å²) in [5.74, 6) is 3.24. The third-order valence-corrected chi connectivity index (χ3v) is 6.42. The standard InChI is InChI=1S/C21H32N2O3/c1-24-19-7-6-16(12-20(19)25-2)13-22-14-17-4-3-5-18(15-22)21(17)23-8-10-26-11-9-23/h6-7,12,17-18,21H,3-5,8-11,13-15H2,1-2H3/t17-,18+,21?. The third kappa shape index (κ3) is 3.71. The van der Waals surface area contributed by atoms with Gasteiger partial charge in [-0.15, -0.1) is 0 Å². The molecular weight excluding hydrogens is 328 g/mol. The molecule has 0 amide bonds. The first kappa shape index (κ1) is 18.1. The van der Waals surface area contributed by atoms with E-state index in [2.05, 4.69) is 21.9 Å². The summed E-state index contributed by atoms with van der Waals surface area (Å²) in [6, 6.07) is 7.10. The van der Waals surface area contributed by atoms with Crippen LogP contribution in [0, 0.1) is 11.8 Å². The predicted molar refractivity (Wildman–Crippen MR) is 102 cm³/mol. The monoisotopic (exact) mass is 360 g/mol. The van der Waals surface area contributed by atoms with Crippen molar-refractivity contribution in [1.82, 2.24) is 9.80 Å². The Kier molecular flexibility index (Phi) is 5.67. The Balaban J connectivity index is 1.44. The van der Waals surface area contributed by atoms with Gasteiger partial charge in [-0.05, 0) is 42.4 Å². The second-order valence-corrected chi connectivity index (χ2v) is 7.97. The Morgan fingerprint density at radius 2 is 1.69 bits per heavy atom. The highest BCUT2D eigenvalue weighted by Crippen LogP contribution is 2.39. The highest BCUT2D eigenvalue weighted by Gasteiger charge is 2.42. The van der Waals surface area contributed by atoms with Crippen LogP contribution in [0.2, 0.25) is 0 Å². The van der Waals surface area contributed by atoms with Gasteiger partial charge in [-0.3, -0.25) is 9.80 Å². The molecule has 3 atom stereocenters. The maximum Gasteiger partial charge on any atom is 0.161 e. The van der Waals surface area contributed by atoms with Gasteiger partial charge in [0.2, 0.25) is 0 Å². The lowest BCUT2D eigenvalue weighted by Gasteiger charge is -2.52. The topological polar surface area (TPSA) is 34.2 Å². The molecule has 2 bridgehead atoms. The summed E-state index contributed by atoms with van der Waals surface area (Å²) in [4.78, 5) is 5.39. The molecule has 2 saturated heterocycles. The van der Waals surface area contributed by atoms with Crippen molar-refractivity contribution in [2.75, 3.05) is 53.6 Å². The Hall–Kier alpha value is -1.30. The van der Waals surface area contributed by atoms with Gasteiger partial charge in [0.05, 0.1) is 27.4 Å². The van der Waals surface area contributed by atoms with Crippen molar-refractivity contribution in [3.8, 4) is 11.5 Å². The number of methoxy groups -OCH3 is 2. The summed E-state index contributed by atoms with van der Waals surface area (Å²) in [7, 11) is 3.40. The number of hydrogen-bond donors (Lipinski definition) is 0. The molecule has 2 aliphatic heterocycles. The minimum Gasteiger partial charge on any atom is -0.493 e. The first-order valence-electron chi connectivity index (χ1n) is 10.0. The van der Waals surface area contributed by atoms with Crippen LogP contribution < -0.4 is 9.47 Å². The van der Waals surface area contributed by atoms with E-state index in [0.717, 1.165) is 62.2 Å². The fourth-order valence-corrected chi connectivity index (χ4v) is 5.34. The van der Waals surface area contributed by atoms with E-state index in [1.165, 1.54) is 37.9 Å². The molecule has 1 aromatic rings. The van der Waals surface area contributed by atoms with E-state index >= 15 is 0 Å². The summed E-state index contributed by atoms with van der Waals surface area (Å²) >= 11 is 0. The number of rotatable bonds is 5. The van der Waals surface area contributed by atoms with Gasteiger partial charge < -0.3 is 14.2 Å². The largest absolute Gasteiger partial charge is 0.493 e. The van der Waals surface area contributed by atoms with E-state index in [4.69, 9.17) is 14.2 Å². The SMILES string of the molecule is COc1ccc(CN2C[C@H]3CCC[C@@H](C2)C3N2CCOCC2)cc1OC. The fourth-order valence-electron chi connectivity index (χ4n) is 5.34. The van der Waals surface area contributed by atoms with Gasteiger partial charge in [-0.25, -0.2) is 0 Å². The van der Waals surface area contributed by atoms with Crippen LogP contribution in [0.25, 0.3) is 0 Å². The first-order valence-corrected chi connectivity index (χ1v) is 10.0. The second-order valence-electron chi connectivity index (χ2n) is 7.97. The van der Waals surface area contributed by atoms with Crippen LogP contribution in [0.3, 0.4) is 0 Å². The fraction of sp³-hybridized carbons (Fsp3) is 0.714. The Morgan fingerprint density at radius 3 is 2.35 bits per heavy atom. The number of piperidine rings is 1. The van der Waals surface area contributed by atoms with Crippen molar-refractivity contribution < 1.29 is 14.2 Å². The number of fused-ring (bicyclic) bond motifs is 2. The summed E-state index contributed by atoms with van der Waals surface area (Å²) in [6.07, 6.45) is 4.16. The molecule has 4 rings (SSSR count). The second kappa shape index (κ2) is 8.15. The first-order chi connectivity index (χ1) is 12.8. The molecule has 3 aliphatic rings. The van der Waals surface area contributed by atoms with Gasteiger partial charge in [-0.1, -0.05) is 12.5 Å². The molecule has 0 N–H and O–H groups in total. The van der Waals surface area contributed by atoms with Gasteiger partial charge in [0.25, 0.3) is 0 Å². The summed E-state index contributed by atoms with van der Waals surface area (Å²) in [6.45, 7) is 7.49. The van der Waals surface area contributed by atoms with Crippen molar-refractivity contribution in [2.45, 2.75) is 31.8 Å². The van der Waals surface area contributed by atoms with Crippen LogP contribution in [0.15, 0.2) is 18.2 Å². The molecule has 3 fully saturated rings. The Bertz CT molecular complexity index is 589. The van der Waals surface area contributed by atoms with Crippen LogP contribution >= 0.6 is 0 Å².